The highest BCUT2D eigenvalue weighted by molar-refractivity contribution is 6.02. The van der Waals surface area contributed by atoms with Gasteiger partial charge in [0.05, 0.1) is 6.54 Å². The van der Waals surface area contributed by atoms with Gasteiger partial charge in [0.25, 0.3) is 0 Å². The van der Waals surface area contributed by atoms with E-state index in [1.54, 1.807) is 12.1 Å². The van der Waals surface area contributed by atoms with E-state index in [0.29, 0.717) is 6.54 Å². The quantitative estimate of drug-likeness (QED) is 0.899. The Balaban J connectivity index is 1.66. The van der Waals surface area contributed by atoms with E-state index >= 15 is 0 Å². The lowest BCUT2D eigenvalue weighted by Crippen LogP contribution is -2.45. The van der Waals surface area contributed by atoms with Gasteiger partial charge in [0.2, 0.25) is 0 Å². The molecular weight excluding hydrogens is 303 g/mol. The number of hydrogen-bond acceptors (Lipinski definition) is 2. The number of benzene rings is 2. The predicted molar refractivity (Wildman–Crippen MR) is 93.8 cm³/mol. The summed E-state index contributed by atoms with van der Waals surface area (Å²) in [7, 11) is 0. The van der Waals surface area contributed by atoms with Gasteiger partial charge in [0.1, 0.15) is 11.7 Å². The minimum absolute atomic E-state index is 0.0138. The Hall–Kier alpha value is -2.20. The highest BCUT2D eigenvalue weighted by atomic mass is 19.1. The second-order valence-electron chi connectivity index (χ2n) is 6.65. The van der Waals surface area contributed by atoms with Crippen LogP contribution in [0.15, 0.2) is 53.5 Å². The molecule has 0 amide bonds. The summed E-state index contributed by atoms with van der Waals surface area (Å²) in [6.45, 7) is 2.02. The van der Waals surface area contributed by atoms with Crippen molar-refractivity contribution in [1.29, 1.82) is 0 Å². The van der Waals surface area contributed by atoms with Gasteiger partial charge in [-0.05, 0) is 48.6 Å². The number of rotatable bonds is 2. The molecule has 0 aliphatic carbocycles. The van der Waals surface area contributed by atoms with Gasteiger partial charge in [0, 0.05) is 24.3 Å². The molecule has 0 saturated carbocycles. The molecule has 1 saturated heterocycles. The molecule has 0 aromatic heterocycles. The van der Waals surface area contributed by atoms with Crippen molar-refractivity contribution < 1.29 is 9.13 Å². The molecule has 0 unspecified atom stereocenters. The van der Waals surface area contributed by atoms with Crippen molar-refractivity contribution in [3.05, 3.63) is 65.5 Å². The van der Waals surface area contributed by atoms with Gasteiger partial charge in [0.15, 0.2) is 0 Å². The first-order valence-corrected chi connectivity index (χ1v) is 8.47. The van der Waals surface area contributed by atoms with Gasteiger partial charge in [-0.2, -0.15) is 0 Å². The van der Waals surface area contributed by atoms with Gasteiger partial charge >= 0.3 is 0 Å². The van der Waals surface area contributed by atoms with Crippen molar-refractivity contribution in [2.24, 2.45) is 10.4 Å². The molecule has 0 atom stereocenters. The molecule has 4 heteroatoms. The summed E-state index contributed by atoms with van der Waals surface area (Å²) in [6, 6.07) is 15.1. The third kappa shape index (κ3) is 2.94. The van der Waals surface area contributed by atoms with Crippen LogP contribution >= 0.6 is 0 Å². The minimum atomic E-state index is -0.213. The summed E-state index contributed by atoms with van der Waals surface area (Å²) in [6.07, 6.45) is 2.92. The van der Waals surface area contributed by atoms with Crippen LogP contribution in [0.4, 0.5) is 10.1 Å². The molecule has 1 N–H and O–H groups in total. The van der Waals surface area contributed by atoms with Crippen molar-refractivity contribution in [2.75, 3.05) is 18.5 Å². The van der Waals surface area contributed by atoms with Crippen molar-refractivity contribution in [3.8, 4) is 0 Å². The lowest BCUT2D eigenvalue weighted by atomic mass is 9.71. The summed E-state index contributed by atoms with van der Waals surface area (Å²) in [5.74, 6) is 0.809. The minimum Gasteiger partial charge on any atom is -0.381 e. The maximum Gasteiger partial charge on any atom is 0.123 e. The monoisotopic (exact) mass is 324 g/mol. The molecule has 2 aromatic carbocycles. The number of nitrogens with zero attached hydrogens (tertiary/aromatic N) is 1. The summed E-state index contributed by atoms with van der Waals surface area (Å²) in [5, 5.41) is 3.54. The Morgan fingerprint density at radius 1 is 1.08 bits per heavy atom. The molecule has 2 heterocycles. The second kappa shape index (κ2) is 6.36. The lowest BCUT2D eigenvalue weighted by molar-refractivity contribution is 0.0448. The van der Waals surface area contributed by atoms with Crippen molar-refractivity contribution in [1.82, 2.24) is 0 Å². The maximum absolute atomic E-state index is 13.4. The Kier molecular flexibility index (Phi) is 4.07. The first-order chi connectivity index (χ1) is 11.8. The molecule has 1 spiro atoms. The summed E-state index contributed by atoms with van der Waals surface area (Å²) < 4.78 is 19.0. The molecule has 0 bridgehead atoms. The van der Waals surface area contributed by atoms with Gasteiger partial charge in [-0.3, -0.25) is 4.99 Å². The standard InChI is InChI=1S/C20H21FN2O/c21-17-6-3-4-15(12-17)14-22-19-20(8-10-24-11-9-20)13-16-5-1-2-7-18(16)23-19/h1-7,12H,8-11,13-14H2,(H,22,23). The Labute approximate surface area is 141 Å². The Bertz CT molecular complexity index is 766. The highest BCUT2D eigenvalue weighted by Gasteiger charge is 2.41. The molecule has 1 fully saturated rings. The van der Waals surface area contributed by atoms with Gasteiger partial charge in [-0.1, -0.05) is 30.3 Å². The van der Waals surface area contributed by atoms with Crippen LogP contribution in [-0.4, -0.2) is 19.0 Å². The summed E-state index contributed by atoms with van der Waals surface area (Å²) in [4.78, 5) is 4.85. The maximum atomic E-state index is 13.4. The van der Waals surface area contributed by atoms with Crippen LogP contribution in [0.25, 0.3) is 0 Å². The van der Waals surface area contributed by atoms with Crippen LogP contribution in [0.3, 0.4) is 0 Å². The molecule has 3 nitrogen and oxygen atoms in total. The number of amidine groups is 1. The van der Waals surface area contributed by atoms with E-state index in [1.807, 2.05) is 12.1 Å². The summed E-state index contributed by atoms with van der Waals surface area (Å²) in [5.41, 5.74) is 3.38. The molecule has 4 rings (SSSR count). The molecular formula is C20H21FN2O. The predicted octanol–water partition coefficient (Wildman–Crippen LogP) is 4.19. The Morgan fingerprint density at radius 3 is 2.75 bits per heavy atom. The number of aliphatic imine (C=N–C) groups is 1. The van der Waals surface area contributed by atoms with Crippen LogP contribution in [0, 0.1) is 11.2 Å². The van der Waals surface area contributed by atoms with E-state index in [9.17, 15) is 4.39 Å². The smallest absolute Gasteiger partial charge is 0.123 e. The zero-order chi connectivity index (χ0) is 16.4. The lowest BCUT2D eigenvalue weighted by Gasteiger charge is -2.42. The number of anilines is 1. The molecule has 2 aromatic rings. The SMILES string of the molecule is Fc1cccc(CN=C2Nc3ccccc3CC23CCOCC3)c1. The van der Waals surface area contributed by atoms with E-state index in [2.05, 4.69) is 23.5 Å². The van der Waals surface area contributed by atoms with Gasteiger partial charge in [-0.15, -0.1) is 0 Å². The fourth-order valence-electron chi connectivity index (χ4n) is 3.69. The zero-order valence-corrected chi connectivity index (χ0v) is 13.6. The van der Waals surface area contributed by atoms with Crippen molar-refractivity contribution in [2.45, 2.75) is 25.8 Å². The fraction of sp³-hybridized carbons (Fsp3) is 0.350. The largest absolute Gasteiger partial charge is 0.381 e. The van der Waals surface area contributed by atoms with Crippen molar-refractivity contribution >= 4 is 11.5 Å². The number of ether oxygens (including phenoxy) is 1. The summed E-state index contributed by atoms with van der Waals surface area (Å²) >= 11 is 0. The zero-order valence-electron chi connectivity index (χ0n) is 13.6. The van der Waals surface area contributed by atoms with E-state index in [-0.39, 0.29) is 11.2 Å². The van der Waals surface area contributed by atoms with Crippen LogP contribution in [0.5, 0.6) is 0 Å². The topological polar surface area (TPSA) is 33.6 Å². The number of halogens is 1. The molecule has 24 heavy (non-hydrogen) atoms. The molecule has 124 valence electrons. The molecule has 0 radical (unpaired) electrons. The van der Waals surface area contributed by atoms with E-state index < -0.39 is 0 Å². The third-order valence-electron chi connectivity index (χ3n) is 5.06. The first kappa shape index (κ1) is 15.3. The van der Waals surface area contributed by atoms with E-state index in [4.69, 9.17) is 9.73 Å². The Morgan fingerprint density at radius 2 is 1.92 bits per heavy atom. The van der Waals surface area contributed by atoms with Crippen LogP contribution in [0.1, 0.15) is 24.0 Å². The van der Waals surface area contributed by atoms with Gasteiger partial charge in [-0.25, -0.2) is 4.39 Å². The fourth-order valence-corrected chi connectivity index (χ4v) is 3.69. The molecule has 2 aliphatic heterocycles. The first-order valence-electron chi connectivity index (χ1n) is 8.47. The average molecular weight is 324 g/mol. The third-order valence-corrected chi connectivity index (χ3v) is 5.06. The highest BCUT2D eigenvalue weighted by Crippen LogP contribution is 2.41. The average Bonchev–Trinajstić information content (AvgIpc) is 2.61. The van der Waals surface area contributed by atoms with Crippen LogP contribution in [-0.2, 0) is 17.7 Å². The van der Waals surface area contributed by atoms with E-state index in [1.165, 1.54) is 11.6 Å². The number of fused-ring (bicyclic) bond motifs is 1. The van der Waals surface area contributed by atoms with Crippen molar-refractivity contribution in [3.63, 3.8) is 0 Å². The molecule has 2 aliphatic rings. The number of para-hydroxylation sites is 1. The van der Waals surface area contributed by atoms with Crippen LogP contribution in [0.2, 0.25) is 0 Å². The number of hydrogen-bond donors (Lipinski definition) is 1. The van der Waals surface area contributed by atoms with Crippen LogP contribution < -0.4 is 5.32 Å². The number of nitrogens with one attached hydrogen (secondary N) is 1. The van der Waals surface area contributed by atoms with E-state index in [0.717, 1.165) is 49.6 Å². The van der Waals surface area contributed by atoms with Gasteiger partial charge < -0.3 is 10.1 Å². The normalized spacial score (nSPS) is 20.6. The second-order valence-corrected chi connectivity index (χ2v) is 6.65.